The maximum atomic E-state index is 12.9. The Kier molecular flexibility index (Phi) is 5.91. The predicted octanol–water partition coefficient (Wildman–Crippen LogP) is 2.77. The first-order valence-corrected chi connectivity index (χ1v) is 9.40. The fourth-order valence-electron chi connectivity index (χ4n) is 3.42. The molecule has 1 N–H and O–H groups in total. The summed E-state index contributed by atoms with van der Waals surface area (Å²) in [5.41, 5.74) is 3.78. The third-order valence-electron chi connectivity index (χ3n) is 5.37. The molecule has 5 heteroatoms. The first-order chi connectivity index (χ1) is 13.0. The minimum atomic E-state index is -0.283. The Bertz CT molecular complexity index is 892. The molecule has 3 rings (SSSR count). The van der Waals surface area contributed by atoms with Gasteiger partial charge < -0.3 is 9.88 Å². The number of carbonyl (C=O) groups excluding carboxylic acids is 1. The lowest BCUT2D eigenvalue weighted by Crippen LogP contribution is -2.49. The molecule has 0 bridgehead atoms. The van der Waals surface area contributed by atoms with Gasteiger partial charge in [0.05, 0.1) is 0 Å². The lowest BCUT2D eigenvalue weighted by molar-refractivity contribution is 0.0647. The topological polar surface area (TPSA) is 56.4 Å². The molecule has 0 radical (unpaired) electrons. The van der Waals surface area contributed by atoms with Crippen LogP contribution in [-0.2, 0) is 0 Å². The summed E-state index contributed by atoms with van der Waals surface area (Å²) in [5, 5.41) is 0. The Balaban J connectivity index is 1.59. The van der Waals surface area contributed by atoms with Crippen molar-refractivity contribution in [3.05, 3.63) is 74.7 Å². The van der Waals surface area contributed by atoms with Crippen molar-refractivity contribution in [2.45, 2.75) is 20.8 Å². The molecule has 1 aromatic heterocycles. The molecule has 2 heterocycles. The van der Waals surface area contributed by atoms with Crippen molar-refractivity contribution >= 4 is 12.0 Å². The van der Waals surface area contributed by atoms with E-state index in [1.165, 1.54) is 5.56 Å². The van der Waals surface area contributed by atoms with Crippen LogP contribution in [0.5, 0.6) is 0 Å². The number of hydrogen-bond acceptors (Lipinski definition) is 3. The number of nitrogens with zero attached hydrogens (tertiary/aromatic N) is 2. The summed E-state index contributed by atoms with van der Waals surface area (Å²) in [7, 11) is 0. The van der Waals surface area contributed by atoms with E-state index in [1.807, 2.05) is 39.0 Å². The van der Waals surface area contributed by atoms with Crippen molar-refractivity contribution in [1.29, 1.82) is 0 Å². The summed E-state index contributed by atoms with van der Waals surface area (Å²) in [6.07, 6.45) is 4.28. The average Bonchev–Trinajstić information content (AvgIpc) is 2.67. The molecule has 1 aromatic carbocycles. The molecule has 0 spiro atoms. The number of amides is 1. The summed E-state index contributed by atoms with van der Waals surface area (Å²) < 4.78 is 0. The van der Waals surface area contributed by atoms with Crippen molar-refractivity contribution in [3.63, 3.8) is 0 Å². The summed E-state index contributed by atoms with van der Waals surface area (Å²) in [4.78, 5) is 32.1. The first-order valence-electron chi connectivity index (χ1n) is 9.40. The molecule has 0 aliphatic carbocycles. The number of aryl methyl sites for hydroxylation is 1. The van der Waals surface area contributed by atoms with Crippen LogP contribution in [0.15, 0.2) is 41.2 Å². The number of carbonyl (C=O) groups is 1. The predicted molar refractivity (Wildman–Crippen MR) is 109 cm³/mol. The first kappa shape index (κ1) is 19.1. The SMILES string of the molecule is Cc1[nH]c(=O)c(C(=O)N2CCN(CC=Cc3ccccc3)CC2)c(C)c1C. The van der Waals surface area contributed by atoms with E-state index in [4.69, 9.17) is 0 Å². The van der Waals surface area contributed by atoms with Crippen LogP contribution >= 0.6 is 0 Å². The summed E-state index contributed by atoms with van der Waals surface area (Å²) in [6.45, 7) is 9.43. The van der Waals surface area contributed by atoms with E-state index in [-0.39, 0.29) is 17.0 Å². The van der Waals surface area contributed by atoms with Gasteiger partial charge in [0.2, 0.25) is 0 Å². The van der Waals surface area contributed by atoms with Gasteiger partial charge in [-0.05, 0) is 37.5 Å². The lowest BCUT2D eigenvalue weighted by atomic mass is 10.0. The molecule has 1 aliphatic heterocycles. The largest absolute Gasteiger partial charge is 0.336 e. The number of aromatic nitrogens is 1. The molecule has 142 valence electrons. The Morgan fingerprint density at radius 3 is 2.37 bits per heavy atom. The molecular formula is C22H27N3O2. The quantitative estimate of drug-likeness (QED) is 0.906. The van der Waals surface area contributed by atoms with Crippen molar-refractivity contribution in [3.8, 4) is 0 Å². The van der Waals surface area contributed by atoms with Gasteiger partial charge in [-0.15, -0.1) is 0 Å². The third-order valence-corrected chi connectivity index (χ3v) is 5.37. The zero-order chi connectivity index (χ0) is 19.4. The van der Waals surface area contributed by atoms with Crippen LogP contribution in [0.4, 0.5) is 0 Å². The van der Waals surface area contributed by atoms with Gasteiger partial charge in [0.15, 0.2) is 0 Å². The molecule has 0 atom stereocenters. The van der Waals surface area contributed by atoms with Crippen LogP contribution < -0.4 is 5.56 Å². The van der Waals surface area contributed by atoms with E-state index in [0.29, 0.717) is 13.1 Å². The molecule has 1 amide bonds. The van der Waals surface area contributed by atoms with E-state index in [1.54, 1.807) is 4.90 Å². The van der Waals surface area contributed by atoms with Crippen molar-refractivity contribution < 1.29 is 4.79 Å². The lowest BCUT2D eigenvalue weighted by Gasteiger charge is -2.34. The normalized spacial score (nSPS) is 15.4. The van der Waals surface area contributed by atoms with Gasteiger partial charge >= 0.3 is 0 Å². The number of benzene rings is 1. The highest BCUT2D eigenvalue weighted by Gasteiger charge is 2.25. The van der Waals surface area contributed by atoms with E-state index in [9.17, 15) is 9.59 Å². The van der Waals surface area contributed by atoms with Gasteiger partial charge in [-0.3, -0.25) is 14.5 Å². The van der Waals surface area contributed by atoms with E-state index >= 15 is 0 Å². The molecule has 1 fully saturated rings. The van der Waals surface area contributed by atoms with Gasteiger partial charge in [0.1, 0.15) is 5.56 Å². The van der Waals surface area contributed by atoms with E-state index < -0.39 is 0 Å². The highest BCUT2D eigenvalue weighted by Crippen LogP contribution is 2.15. The molecule has 1 saturated heterocycles. The Hall–Kier alpha value is -2.66. The average molecular weight is 365 g/mol. The second-order valence-corrected chi connectivity index (χ2v) is 7.11. The van der Waals surface area contributed by atoms with Gasteiger partial charge in [-0.1, -0.05) is 42.5 Å². The molecule has 2 aromatic rings. The van der Waals surface area contributed by atoms with Gasteiger partial charge in [0, 0.05) is 38.4 Å². The zero-order valence-electron chi connectivity index (χ0n) is 16.3. The van der Waals surface area contributed by atoms with Crippen LogP contribution in [0.25, 0.3) is 6.08 Å². The maximum Gasteiger partial charge on any atom is 0.261 e. The van der Waals surface area contributed by atoms with Crippen molar-refractivity contribution in [2.24, 2.45) is 0 Å². The number of piperazine rings is 1. The summed E-state index contributed by atoms with van der Waals surface area (Å²) >= 11 is 0. The van der Waals surface area contributed by atoms with E-state index in [2.05, 4.69) is 34.2 Å². The van der Waals surface area contributed by atoms with Gasteiger partial charge in [0.25, 0.3) is 11.5 Å². The fraction of sp³-hybridized carbons (Fsp3) is 0.364. The standard InChI is InChI=1S/C22H27N3O2/c1-16-17(2)20(21(26)23-18(16)3)22(27)25-14-12-24(13-15-25)11-7-10-19-8-5-4-6-9-19/h4-10H,11-15H2,1-3H3,(H,23,26). The highest BCUT2D eigenvalue weighted by molar-refractivity contribution is 5.95. The fourth-order valence-corrected chi connectivity index (χ4v) is 3.42. The third kappa shape index (κ3) is 4.37. The van der Waals surface area contributed by atoms with Crippen LogP contribution in [0.3, 0.4) is 0 Å². The van der Waals surface area contributed by atoms with Crippen LogP contribution in [-0.4, -0.2) is 53.4 Å². The minimum absolute atomic E-state index is 0.156. The number of H-pyrrole nitrogens is 1. The van der Waals surface area contributed by atoms with Gasteiger partial charge in [-0.25, -0.2) is 0 Å². The molecular weight excluding hydrogens is 338 g/mol. The summed E-state index contributed by atoms with van der Waals surface area (Å²) in [5.74, 6) is -0.156. The van der Waals surface area contributed by atoms with Crippen molar-refractivity contribution in [2.75, 3.05) is 32.7 Å². The second kappa shape index (κ2) is 8.35. The number of nitrogens with one attached hydrogen (secondary N) is 1. The molecule has 1 aliphatic rings. The Labute approximate surface area is 160 Å². The number of pyridine rings is 1. The molecule has 0 saturated carbocycles. The second-order valence-electron chi connectivity index (χ2n) is 7.11. The van der Waals surface area contributed by atoms with E-state index in [0.717, 1.165) is 36.5 Å². The van der Waals surface area contributed by atoms with Crippen LogP contribution in [0.1, 0.15) is 32.7 Å². The van der Waals surface area contributed by atoms with Crippen LogP contribution in [0.2, 0.25) is 0 Å². The van der Waals surface area contributed by atoms with Crippen LogP contribution in [0, 0.1) is 20.8 Å². The highest BCUT2D eigenvalue weighted by atomic mass is 16.2. The monoisotopic (exact) mass is 365 g/mol. The minimum Gasteiger partial charge on any atom is -0.336 e. The van der Waals surface area contributed by atoms with Crippen molar-refractivity contribution in [1.82, 2.24) is 14.8 Å². The summed E-state index contributed by atoms with van der Waals surface area (Å²) in [6, 6.07) is 10.2. The number of rotatable bonds is 4. The molecule has 0 unspecified atom stereocenters. The molecule has 5 nitrogen and oxygen atoms in total. The zero-order valence-corrected chi connectivity index (χ0v) is 16.3. The maximum absolute atomic E-state index is 12.9. The Morgan fingerprint density at radius 2 is 1.70 bits per heavy atom. The molecule has 27 heavy (non-hydrogen) atoms. The Morgan fingerprint density at radius 1 is 1.04 bits per heavy atom. The number of aromatic amines is 1. The smallest absolute Gasteiger partial charge is 0.261 e. The van der Waals surface area contributed by atoms with Gasteiger partial charge in [-0.2, -0.15) is 0 Å². The number of hydrogen-bond donors (Lipinski definition) is 1.